The standard InChI is InChI=1S/C17H28N2OS/c1-4-21(20)11-10-19-13-16(15-8-6-5-7-9-15)18-12-17(19)14(2)3/h5-9,14,16-18H,4,10-13H2,1-3H3. The van der Waals surface area contributed by atoms with Crippen LogP contribution < -0.4 is 5.32 Å². The van der Waals surface area contributed by atoms with Gasteiger partial charge in [0, 0.05) is 54.0 Å². The molecule has 4 heteroatoms. The summed E-state index contributed by atoms with van der Waals surface area (Å²) in [5.41, 5.74) is 1.35. The van der Waals surface area contributed by atoms with E-state index in [-0.39, 0.29) is 0 Å². The van der Waals surface area contributed by atoms with E-state index in [9.17, 15) is 4.21 Å². The van der Waals surface area contributed by atoms with Crippen molar-refractivity contribution in [1.82, 2.24) is 10.2 Å². The molecule has 1 aliphatic rings. The van der Waals surface area contributed by atoms with Gasteiger partial charge in [-0.2, -0.15) is 0 Å². The molecule has 1 aliphatic heterocycles. The highest BCUT2D eigenvalue weighted by molar-refractivity contribution is 7.84. The molecule has 3 unspecified atom stereocenters. The number of benzene rings is 1. The van der Waals surface area contributed by atoms with E-state index in [1.807, 2.05) is 6.92 Å². The molecule has 0 amide bonds. The zero-order valence-electron chi connectivity index (χ0n) is 13.4. The Morgan fingerprint density at radius 2 is 2.05 bits per heavy atom. The van der Waals surface area contributed by atoms with Crippen LogP contribution in [0.1, 0.15) is 32.4 Å². The molecule has 0 bridgehead atoms. The Labute approximate surface area is 131 Å². The highest BCUT2D eigenvalue weighted by atomic mass is 32.2. The molecule has 1 aromatic carbocycles. The molecular formula is C17H28N2OS. The quantitative estimate of drug-likeness (QED) is 0.876. The number of rotatable bonds is 6. The summed E-state index contributed by atoms with van der Waals surface area (Å²) in [7, 11) is -0.675. The molecule has 1 fully saturated rings. The van der Waals surface area contributed by atoms with Crippen molar-refractivity contribution in [3.63, 3.8) is 0 Å². The highest BCUT2D eigenvalue weighted by Crippen LogP contribution is 2.23. The van der Waals surface area contributed by atoms with E-state index in [4.69, 9.17) is 0 Å². The predicted octanol–water partition coefficient (Wildman–Crippen LogP) is 2.43. The van der Waals surface area contributed by atoms with E-state index in [1.165, 1.54) is 5.56 Å². The minimum atomic E-state index is -0.675. The lowest BCUT2D eigenvalue weighted by Gasteiger charge is -2.42. The highest BCUT2D eigenvalue weighted by Gasteiger charge is 2.30. The van der Waals surface area contributed by atoms with Gasteiger partial charge >= 0.3 is 0 Å². The van der Waals surface area contributed by atoms with Crippen molar-refractivity contribution in [1.29, 1.82) is 0 Å². The summed E-state index contributed by atoms with van der Waals surface area (Å²) in [6.45, 7) is 9.51. The third-order valence-electron chi connectivity index (χ3n) is 4.36. The summed E-state index contributed by atoms with van der Waals surface area (Å²) in [4.78, 5) is 2.53. The van der Waals surface area contributed by atoms with Gasteiger partial charge < -0.3 is 5.32 Å². The summed E-state index contributed by atoms with van der Waals surface area (Å²) >= 11 is 0. The number of piperazine rings is 1. The maximum atomic E-state index is 11.8. The third kappa shape index (κ3) is 4.63. The molecule has 0 aliphatic carbocycles. The van der Waals surface area contributed by atoms with Crippen LogP contribution in [0.25, 0.3) is 0 Å². The molecule has 0 saturated carbocycles. The Kier molecular flexibility index (Phi) is 6.40. The average molecular weight is 308 g/mol. The fraction of sp³-hybridized carbons (Fsp3) is 0.647. The maximum Gasteiger partial charge on any atom is 0.0449 e. The SMILES string of the molecule is CCS(=O)CCN1CC(c2ccccc2)NCC1C(C)C. The first-order chi connectivity index (χ1) is 10.1. The second-order valence-corrected chi connectivity index (χ2v) is 7.98. The molecule has 0 radical (unpaired) electrons. The van der Waals surface area contributed by atoms with E-state index in [0.717, 1.165) is 31.1 Å². The molecule has 3 nitrogen and oxygen atoms in total. The van der Waals surface area contributed by atoms with Gasteiger partial charge in [-0.15, -0.1) is 0 Å². The average Bonchev–Trinajstić information content (AvgIpc) is 2.53. The second kappa shape index (κ2) is 8.06. The van der Waals surface area contributed by atoms with Crippen LogP contribution in [0.2, 0.25) is 0 Å². The minimum absolute atomic E-state index is 0.385. The monoisotopic (exact) mass is 308 g/mol. The normalized spacial score (nSPS) is 25.1. The van der Waals surface area contributed by atoms with Crippen LogP contribution in [0.3, 0.4) is 0 Å². The maximum absolute atomic E-state index is 11.8. The first kappa shape index (κ1) is 16.7. The summed E-state index contributed by atoms with van der Waals surface area (Å²) < 4.78 is 11.8. The van der Waals surface area contributed by atoms with Crippen molar-refractivity contribution in [3.05, 3.63) is 35.9 Å². The molecule has 1 heterocycles. The molecular weight excluding hydrogens is 280 g/mol. The van der Waals surface area contributed by atoms with Crippen LogP contribution >= 0.6 is 0 Å². The number of hydrogen-bond acceptors (Lipinski definition) is 3. The van der Waals surface area contributed by atoms with E-state index < -0.39 is 10.8 Å². The van der Waals surface area contributed by atoms with Gasteiger partial charge in [-0.25, -0.2) is 0 Å². The van der Waals surface area contributed by atoms with E-state index in [1.54, 1.807) is 0 Å². The minimum Gasteiger partial charge on any atom is -0.307 e. The van der Waals surface area contributed by atoms with Crippen molar-refractivity contribution >= 4 is 10.8 Å². The van der Waals surface area contributed by atoms with Gasteiger partial charge in [-0.3, -0.25) is 9.11 Å². The van der Waals surface area contributed by atoms with Crippen molar-refractivity contribution in [2.45, 2.75) is 32.9 Å². The van der Waals surface area contributed by atoms with Gasteiger partial charge in [0.2, 0.25) is 0 Å². The number of hydrogen-bond donors (Lipinski definition) is 1. The van der Waals surface area contributed by atoms with Gasteiger partial charge in [0.25, 0.3) is 0 Å². The van der Waals surface area contributed by atoms with Gasteiger partial charge in [-0.05, 0) is 11.5 Å². The topological polar surface area (TPSA) is 32.3 Å². The Balaban J connectivity index is 2.03. The van der Waals surface area contributed by atoms with Gasteiger partial charge in [0.1, 0.15) is 0 Å². The Morgan fingerprint density at radius 3 is 2.67 bits per heavy atom. The van der Waals surface area contributed by atoms with Crippen LogP contribution in [0.4, 0.5) is 0 Å². The fourth-order valence-electron chi connectivity index (χ4n) is 3.01. The summed E-state index contributed by atoms with van der Waals surface area (Å²) in [5, 5.41) is 3.68. The zero-order valence-corrected chi connectivity index (χ0v) is 14.2. The smallest absolute Gasteiger partial charge is 0.0449 e. The molecule has 1 saturated heterocycles. The van der Waals surface area contributed by atoms with Gasteiger partial charge in [0.05, 0.1) is 0 Å². The lowest BCUT2D eigenvalue weighted by atomic mass is 9.96. The predicted molar refractivity (Wildman–Crippen MR) is 90.9 cm³/mol. The van der Waals surface area contributed by atoms with Crippen molar-refractivity contribution in [3.8, 4) is 0 Å². The molecule has 1 N–H and O–H groups in total. The largest absolute Gasteiger partial charge is 0.307 e. The van der Waals surface area contributed by atoms with Crippen molar-refractivity contribution in [2.75, 3.05) is 31.1 Å². The number of nitrogens with zero attached hydrogens (tertiary/aromatic N) is 1. The van der Waals surface area contributed by atoms with Crippen LogP contribution in [0, 0.1) is 5.92 Å². The second-order valence-electron chi connectivity index (χ2n) is 6.11. The molecule has 0 aromatic heterocycles. The van der Waals surface area contributed by atoms with Crippen LogP contribution in [0.15, 0.2) is 30.3 Å². The first-order valence-corrected chi connectivity index (χ1v) is 9.48. The summed E-state index contributed by atoms with van der Waals surface area (Å²) in [6.07, 6.45) is 0. The van der Waals surface area contributed by atoms with Crippen molar-refractivity contribution in [2.24, 2.45) is 5.92 Å². The summed E-state index contributed by atoms with van der Waals surface area (Å²) in [6, 6.07) is 11.6. The third-order valence-corrected chi connectivity index (χ3v) is 5.64. The van der Waals surface area contributed by atoms with Crippen LogP contribution in [-0.2, 0) is 10.8 Å². The fourth-order valence-corrected chi connectivity index (χ4v) is 3.74. The van der Waals surface area contributed by atoms with Gasteiger partial charge in [-0.1, -0.05) is 51.1 Å². The number of nitrogens with one attached hydrogen (secondary N) is 1. The molecule has 2 rings (SSSR count). The Hall–Kier alpha value is -0.710. The molecule has 0 spiro atoms. The van der Waals surface area contributed by atoms with Crippen LogP contribution in [0.5, 0.6) is 0 Å². The lowest BCUT2D eigenvalue weighted by molar-refractivity contribution is 0.105. The first-order valence-electron chi connectivity index (χ1n) is 7.99. The zero-order chi connectivity index (χ0) is 15.2. The van der Waals surface area contributed by atoms with Crippen LogP contribution in [-0.4, -0.2) is 46.3 Å². The van der Waals surface area contributed by atoms with Crippen molar-refractivity contribution < 1.29 is 4.21 Å². The van der Waals surface area contributed by atoms with E-state index in [2.05, 4.69) is 54.4 Å². The van der Waals surface area contributed by atoms with E-state index in [0.29, 0.717) is 18.0 Å². The van der Waals surface area contributed by atoms with E-state index >= 15 is 0 Å². The molecule has 21 heavy (non-hydrogen) atoms. The summed E-state index contributed by atoms with van der Waals surface area (Å²) in [5.74, 6) is 2.17. The Bertz CT molecular complexity index is 449. The molecule has 118 valence electrons. The van der Waals surface area contributed by atoms with Gasteiger partial charge in [0.15, 0.2) is 0 Å². The Morgan fingerprint density at radius 1 is 1.33 bits per heavy atom. The molecule has 1 aromatic rings. The molecule has 3 atom stereocenters. The lowest BCUT2D eigenvalue weighted by Crippen LogP contribution is -2.55.